The fourth-order valence-corrected chi connectivity index (χ4v) is 3.98. The Hall–Kier alpha value is -0.870. The number of nitrogens with one attached hydrogen (secondary N) is 2. The Bertz CT molecular complexity index is 503. The number of carbonyl (C=O) groups is 1. The van der Waals surface area contributed by atoms with Crippen molar-refractivity contribution in [1.29, 1.82) is 0 Å². The molecule has 1 amide bonds. The Morgan fingerprint density at radius 2 is 2.15 bits per heavy atom. The molecule has 1 heterocycles. The van der Waals surface area contributed by atoms with E-state index in [1.165, 1.54) is 25.7 Å². The molecule has 0 radical (unpaired) electrons. The number of aryl methyl sites for hydroxylation is 1. The van der Waals surface area contributed by atoms with E-state index in [0.29, 0.717) is 12.0 Å². The van der Waals surface area contributed by atoms with Gasteiger partial charge in [-0.15, -0.1) is 0 Å². The zero-order chi connectivity index (χ0) is 14.1. The Balaban J connectivity index is 1.65. The fourth-order valence-electron chi connectivity index (χ4n) is 3.51. The number of anilines is 1. The summed E-state index contributed by atoms with van der Waals surface area (Å²) in [5, 5.41) is 6.59. The molecule has 20 heavy (non-hydrogen) atoms. The maximum Gasteiger partial charge on any atom is 0.241 e. The van der Waals surface area contributed by atoms with Crippen LogP contribution in [-0.4, -0.2) is 18.0 Å². The lowest BCUT2D eigenvalue weighted by Gasteiger charge is -2.24. The first-order valence-electron chi connectivity index (χ1n) is 7.46. The Labute approximate surface area is 128 Å². The van der Waals surface area contributed by atoms with Crippen LogP contribution in [0.4, 0.5) is 5.69 Å². The Morgan fingerprint density at radius 1 is 1.35 bits per heavy atom. The molecule has 2 fully saturated rings. The number of halogens is 1. The monoisotopic (exact) mass is 336 g/mol. The van der Waals surface area contributed by atoms with Gasteiger partial charge in [-0.25, -0.2) is 0 Å². The number of amides is 1. The van der Waals surface area contributed by atoms with E-state index in [1.54, 1.807) is 0 Å². The van der Waals surface area contributed by atoms with E-state index in [2.05, 4.69) is 26.6 Å². The van der Waals surface area contributed by atoms with Crippen molar-refractivity contribution in [3.05, 3.63) is 28.2 Å². The number of rotatable bonds is 2. The standard InChI is InChI=1S/C16H21BrN2O/c1-10-8-12(17)6-7-13(10)19-16(20)15-9-11-4-2-3-5-14(11)18-15/h6-8,11,14-15,18H,2-5,9H2,1H3,(H,19,20). The SMILES string of the molecule is Cc1cc(Br)ccc1NC(=O)C1CC2CCCCC2N1. The van der Waals surface area contributed by atoms with Crippen molar-refractivity contribution < 1.29 is 4.79 Å². The quantitative estimate of drug-likeness (QED) is 0.865. The molecule has 2 N–H and O–H groups in total. The molecule has 3 rings (SSSR count). The molecule has 3 nitrogen and oxygen atoms in total. The number of hydrogen-bond acceptors (Lipinski definition) is 2. The van der Waals surface area contributed by atoms with Crippen LogP contribution in [0.25, 0.3) is 0 Å². The highest BCUT2D eigenvalue weighted by Crippen LogP contribution is 2.33. The molecule has 3 atom stereocenters. The lowest BCUT2D eigenvalue weighted by atomic mass is 9.85. The summed E-state index contributed by atoms with van der Waals surface area (Å²) in [6.07, 6.45) is 6.12. The molecule has 3 unspecified atom stereocenters. The largest absolute Gasteiger partial charge is 0.324 e. The van der Waals surface area contributed by atoms with Crippen molar-refractivity contribution in [2.75, 3.05) is 5.32 Å². The fraction of sp³-hybridized carbons (Fsp3) is 0.562. The summed E-state index contributed by atoms with van der Waals surface area (Å²) in [6.45, 7) is 2.02. The smallest absolute Gasteiger partial charge is 0.241 e. The molecule has 0 bridgehead atoms. The summed E-state index contributed by atoms with van der Waals surface area (Å²) < 4.78 is 1.04. The average molecular weight is 337 g/mol. The van der Waals surface area contributed by atoms with Crippen molar-refractivity contribution >= 4 is 27.5 Å². The van der Waals surface area contributed by atoms with E-state index in [1.807, 2.05) is 25.1 Å². The molecule has 2 aliphatic rings. The maximum atomic E-state index is 12.4. The zero-order valence-electron chi connectivity index (χ0n) is 11.8. The van der Waals surface area contributed by atoms with Crippen LogP contribution in [0.1, 0.15) is 37.7 Å². The predicted octanol–water partition coefficient (Wildman–Crippen LogP) is 3.62. The number of carbonyl (C=O) groups excluding carboxylic acids is 1. The molecule has 1 saturated heterocycles. The van der Waals surface area contributed by atoms with Gasteiger partial charge in [-0.3, -0.25) is 4.79 Å². The van der Waals surface area contributed by atoms with Crippen molar-refractivity contribution in [2.24, 2.45) is 5.92 Å². The van der Waals surface area contributed by atoms with Gasteiger partial charge < -0.3 is 10.6 Å². The zero-order valence-corrected chi connectivity index (χ0v) is 13.4. The first-order chi connectivity index (χ1) is 9.63. The summed E-state index contributed by atoms with van der Waals surface area (Å²) in [5.74, 6) is 0.815. The summed E-state index contributed by atoms with van der Waals surface area (Å²) in [5.41, 5.74) is 2.00. The third-order valence-corrected chi connectivity index (χ3v) is 5.12. The van der Waals surface area contributed by atoms with Gasteiger partial charge in [0.05, 0.1) is 6.04 Å². The highest BCUT2D eigenvalue weighted by atomic mass is 79.9. The molecule has 1 aliphatic heterocycles. The molecule has 4 heteroatoms. The van der Waals surface area contributed by atoms with Crippen molar-refractivity contribution in [1.82, 2.24) is 5.32 Å². The highest BCUT2D eigenvalue weighted by Gasteiger charge is 2.38. The second-order valence-corrected chi connectivity index (χ2v) is 6.97. The van der Waals surface area contributed by atoms with Gasteiger partial charge in [-0.2, -0.15) is 0 Å². The molecular formula is C16H21BrN2O. The Kier molecular flexibility index (Phi) is 4.13. The highest BCUT2D eigenvalue weighted by molar-refractivity contribution is 9.10. The van der Waals surface area contributed by atoms with E-state index in [-0.39, 0.29) is 11.9 Å². The molecule has 0 spiro atoms. The topological polar surface area (TPSA) is 41.1 Å². The summed E-state index contributed by atoms with van der Waals surface area (Å²) in [7, 11) is 0. The molecular weight excluding hydrogens is 316 g/mol. The molecule has 0 aromatic heterocycles. The average Bonchev–Trinajstić information content (AvgIpc) is 2.86. The molecule has 1 aliphatic carbocycles. The van der Waals surface area contributed by atoms with E-state index >= 15 is 0 Å². The maximum absolute atomic E-state index is 12.4. The van der Waals surface area contributed by atoms with Crippen LogP contribution in [0.2, 0.25) is 0 Å². The Morgan fingerprint density at radius 3 is 2.90 bits per heavy atom. The van der Waals surface area contributed by atoms with Crippen LogP contribution in [-0.2, 0) is 4.79 Å². The van der Waals surface area contributed by atoms with Crippen molar-refractivity contribution in [3.63, 3.8) is 0 Å². The number of benzene rings is 1. The second kappa shape index (κ2) is 5.86. The summed E-state index contributed by atoms with van der Waals surface area (Å²) in [4.78, 5) is 12.4. The van der Waals surface area contributed by atoms with E-state index in [4.69, 9.17) is 0 Å². The van der Waals surface area contributed by atoms with E-state index in [0.717, 1.165) is 22.1 Å². The van der Waals surface area contributed by atoms with Gasteiger partial charge >= 0.3 is 0 Å². The van der Waals surface area contributed by atoms with E-state index in [9.17, 15) is 4.79 Å². The first kappa shape index (κ1) is 14.1. The van der Waals surface area contributed by atoms with Crippen molar-refractivity contribution in [2.45, 2.75) is 51.1 Å². The summed E-state index contributed by atoms with van der Waals surface area (Å²) in [6, 6.07) is 6.48. The number of fused-ring (bicyclic) bond motifs is 1. The molecule has 1 aromatic rings. The third kappa shape index (κ3) is 2.91. The molecule has 1 aromatic carbocycles. The number of hydrogen-bond donors (Lipinski definition) is 2. The van der Waals surface area contributed by atoms with Crippen LogP contribution in [0, 0.1) is 12.8 Å². The normalized spacial score (nSPS) is 29.0. The van der Waals surface area contributed by atoms with Gasteiger partial charge in [0.1, 0.15) is 0 Å². The van der Waals surface area contributed by atoms with Crippen molar-refractivity contribution in [3.8, 4) is 0 Å². The minimum atomic E-state index is -0.0221. The van der Waals surface area contributed by atoms with Gasteiger partial charge in [0.15, 0.2) is 0 Å². The van der Waals surface area contributed by atoms with Crippen LogP contribution in [0.3, 0.4) is 0 Å². The predicted molar refractivity (Wildman–Crippen MR) is 84.8 cm³/mol. The van der Waals surface area contributed by atoms with Crippen LogP contribution in [0.5, 0.6) is 0 Å². The third-order valence-electron chi connectivity index (χ3n) is 4.63. The lowest BCUT2D eigenvalue weighted by molar-refractivity contribution is -0.117. The summed E-state index contributed by atoms with van der Waals surface area (Å²) >= 11 is 3.45. The van der Waals surface area contributed by atoms with E-state index < -0.39 is 0 Å². The van der Waals surface area contributed by atoms with Crippen LogP contribution < -0.4 is 10.6 Å². The van der Waals surface area contributed by atoms with Crippen LogP contribution >= 0.6 is 15.9 Å². The minimum Gasteiger partial charge on any atom is -0.324 e. The van der Waals surface area contributed by atoms with Gasteiger partial charge in [0.2, 0.25) is 5.91 Å². The van der Waals surface area contributed by atoms with Gasteiger partial charge in [-0.05, 0) is 55.9 Å². The molecule has 1 saturated carbocycles. The minimum absolute atomic E-state index is 0.0221. The second-order valence-electron chi connectivity index (χ2n) is 6.05. The van der Waals surface area contributed by atoms with Gasteiger partial charge in [0.25, 0.3) is 0 Å². The molecule has 108 valence electrons. The van der Waals surface area contributed by atoms with Gasteiger partial charge in [0, 0.05) is 16.2 Å². The lowest BCUT2D eigenvalue weighted by Crippen LogP contribution is -2.40. The van der Waals surface area contributed by atoms with Crippen LogP contribution in [0.15, 0.2) is 22.7 Å². The van der Waals surface area contributed by atoms with Gasteiger partial charge in [-0.1, -0.05) is 28.8 Å². The first-order valence-corrected chi connectivity index (χ1v) is 8.26.